The van der Waals surface area contributed by atoms with Gasteiger partial charge in [0.2, 0.25) is 5.91 Å². The fourth-order valence-electron chi connectivity index (χ4n) is 5.41. The molecule has 2 fully saturated rings. The molecule has 5 heteroatoms. The zero-order valence-corrected chi connectivity index (χ0v) is 21.0. The lowest BCUT2D eigenvalue weighted by Crippen LogP contribution is -2.49. The highest BCUT2D eigenvalue weighted by atomic mass is 127. The third-order valence-corrected chi connectivity index (χ3v) is 8.02. The van der Waals surface area contributed by atoms with E-state index in [2.05, 4.69) is 71.2 Å². The van der Waals surface area contributed by atoms with Crippen LogP contribution in [0.3, 0.4) is 0 Å². The van der Waals surface area contributed by atoms with Crippen LogP contribution in [-0.4, -0.2) is 17.6 Å². The highest BCUT2D eigenvalue weighted by molar-refractivity contribution is 14.1. The number of benzene rings is 2. The van der Waals surface area contributed by atoms with Crippen LogP contribution in [0.25, 0.3) is 0 Å². The van der Waals surface area contributed by atoms with E-state index in [-0.39, 0.29) is 17.6 Å². The topological polar surface area (TPSA) is 47.6 Å². The van der Waals surface area contributed by atoms with E-state index in [9.17, 15) is 4.79 Å². The van der Waals surface area contributed by atoms with E-state index in [0.29, 0.717) is 18.9 Å². The number of nitrogens with one attached hydrogen (secondary N) is 1. The molecule has 0 unspecified atom stereocenters. The Kier molecular flexibility index (Phi) is 6.37. The lowest BCUT2D eigenvalue weighted by atomic mass is 9.73. The predicted molar refractivity (Wildman–Crippen MR) is 134 cm³/mol. The maximum absolute atomic E-state index is 13.0. The molecule has 0 aromatic heterocycles. The van der Waals surface area contributed by atoms with Crippen LogP contribution in [0.5, 0.6) is 11.5 Å². The van der Waals surface area contributed by atoms with Gasteiger partial charge in [-0.2, -0.15) is 0 Å². The number of fused-ring (bicyclic) bond motifs is 1. The Morgan fingerprint density at radius 1 is 1.19 bits per heavy atom. The molecule has 3 aliphatic rings. The summed E-state index contributed by atoms with van der Waals surface area (Å²) < 4.78 is 13.9. The number of halogens is 1. The van der Waals surface area contributed by atoms with Gasteiger partial charge in [0, 0.05) is 22.0 Å². The van der Waals surface area contributed by atoms with E-state index in [1.165, 1.54) is 22.8 Å². The number of carbonyl (C=O) groups is 1. The maximum atomic E-state index is 13.0. The van der Waals surface area contributed by atoms with Crippen molar-refractivity contribution in [3.63, 3.8) is 0 Å². The first-order chi connectivity index (χ1) is 15.5. The molecule has 0 bridgehead atoms. The van der Waals surface area contributed by atoms with E-state index in [0.717, 1.165) is 60.3 Å². The van der Waals surface area contributed by atoms with Crippen molar-refractivity contribution in [3.05, 3.63) is 56.7 Å². The van der Waals surface area contributed by atoms with Crippen LogP contribution in [0.1, 0.15) is 80.5 Å². The monoisotopic (exact) mass is 545 g/mol. The Balaban J connectivity index is 1.27. The van der Waals surface area contributed by atoms with E-state index in [4.69, 9.17) is 9.47 Å². The van der Waals surface area contributed by atoms with Crippen LogP contribution in [0.15, 0.2) is 36.4 Å². The number of aryl methyl sites for hydroxylation is 2. The standard InChI is InChI=1S/C27H32INO3/c1-18-6-4-7-19(26(18)31-21-8-2-3-9-21)10-13-25(30)29-23-17-27(14-5-15-27)32-24-12-11-20(28)16-22(23)24/h4,6-7,11-12,16,21,23H,2-3,5,8-10,13-15,17H2,1H3,(H,29,30)/t23-/m0/s1. The zero-order valence-electron chi connectivity index (χ0n) is 18.8. The smallest absolute Gasteiger partial charge is 0.220 e. The van der Waals surface area contributed by atoms with Gasteiger partial charge in [-0.15, -0.1) is 0 Å². The fourth-order valence-corrected chi connectivity index (χ4v) is 5.93. The van der Waals surface area contributed by atoms with Gasteiger partial charge < -0.3 is 14.8 Å². The molecular formula is C27H32INO3. The summed E-state index contributed by atoms with van der Waals surface area (Å²) in [5.41, 5.74) is 3.33. The molecule has 1 aliphatic heterocycles. The Morgan fingerprint density at radius 3 is 2.75 bits per heavy atom. The molecule has 170 valence electrons. The lowest BCUT2D eigenvalue weighted by Gasteiger charge is -2.48. The first kappa shape index (κ1) is 22.1. The second kappa shape index (κ2) is 9.24. The highest BCUT2D eigenvalue weighted by Crippen LogP contribution is 2.49. The highest BCUT2D eigenvalue weighted by Gasteiger charge is 2.45. The maximum Gasteiger partial charge on any atom is 0.220 e. The quantitative estimate of drug-likeness (QED) is 0.427. The van der Waals surface area contributed by atoms with Crippen molar-refractivity contribution in [2.45, 2.75) is 88.9 Å². The summed E-state index contributed by atoms with van der Waals surface area (Å²) in [6.45, 7) is 2.10. The third kappa shape index (κ3) is 4.63. The van der Waals surface area contributed by atoms with Crippen molar-refractivity contribution in [3.8, 4) is 11.5 Å². The predicted octanol–water partition coefficient (Wildman–Crippen LogP) is 6.42. The van der Waals surface area contributed by atoms with Gasteiger partial charge in [-0.05, 0) is 110 Å². The fraction of sp³-hybridized carbons (Fsp3) is 0.519. The molecule has 0 saturated heterocycles. The normalized spacial score (nSPS) is 21.5. The summed E-state index contributed by atoms with van der Waals surface area (Å²) in [6.07, 6.45) is 10.5. The number of amides is 1. The summed E-state index contributed by atoms with van der Waals surface area (Å²) in [5.74, 6) is 2.03. The number of carbonyl (C=O) groups excluding carboxylic acids is 1. The van der Waals surface area contributed by atoms with Gasteiger partial charge in [0.05, 0.1) is 12.1 Å². The van der Waals surface area contributed by atoms with Crippen LogP contribution in [0, 0.1) is 10.5 Å². The molecule has 1 N–H and O–H groups in total. The van der Waals surface area contributed by atoms with Gasteiger partial charge in [-0.3, -0.25) is 4.79 Å². The molecule has 1 amide bonds. The molecule has 2 saturated carbocycles. The van der Waals surface area contributed by atoms with Gasteiger partial charge in [-0.1, -0.05) is 18.2 Å². The number of para-hydroxylation sites is 1. The average molecular weight is 545 g/mol. The molecular weight excluding hydrogens is 513 g/mol. The van der Waals surface area contributed by atoms with E-state index in [1.54, 1.807) is 0 Å². The summed E-state index contributed by atoms with van der Waals surface area (Å²) in [7, 11) is 0. The van der Waals surface area contributed by atoms with Gasteiger partial charge >= 0.3 is 0 Å². The first-order valence-electron chi connectivity index (χ1n) is 12.0. The lowest BCUT2D eigenvalue weighted by molar-refractivity contribution is -0.123. The molecule has 32 heavy (non-hydrogen) atoms. The second-order valence-electron chi connectivity index (χ2n) is 9.73. The molecule has 1 spiro atoms. The molecule has 1 heterocycles. The SMILES string of the molecule is Cc1cccc(CCC(=O)N[C@H]2CC3(CCC3)Oc3ccc(I)cc32)c1OC1CCCC1. The Hall–Kier alpha value is -1.76. The van der Waals surface area contributed by atoms with Crippen molar-refractivity contribution >= 4 is 28.5 Å². The summed E-state index contributed by atoms with van der Waals surface area (Å²) in [5, 5.41) is 3.34. The van der Waals surface area contributed by atoms with Gasteiger partial charge in [0.15, 0.2) is 0 Å². The van der Waals surface area contributed by atoms with Crippen molar-refractivity contribution in [2.24, 2.45) is 0 Å². The van der Waals surface area contributed by atoms with Crippen LogP contribution >= 0.6 is 22.6 Å². The molecule has 2 aromatic carbocycles. The number of rotatable bonds is 6. The van der Waals surface area contributed by atoms with Crippen molar-refractivity contribution < 1.29 is 14.3 Å². The summed E-state index contributed by atoms with van der Waals surface area (Å²) >= 11 is 2.33. The molecule has 2 aliphatic carbocycles. The largest absolute Gasteiger partial charge is 0.490 e. The van der Waals surface area contributed by atoms with Gasteiger partial charge in [0.25, 0.3) is 0 Å². The van der Waals surface area contributed by atoms with E-state index >= 15 is 0 Å². The summed E-state index contributed by atoms with van der Waals surface area (Å²) in [4.78, 5) is 13.0. The van der Waals surface area contributed by atoms with Crippen LogP contribution < -0.4 is 14.8 Å². The van der Waals surface area contributed by atoms with Crippen molar-refractivity contribution in [2.75, 3.05) is 0 Å². The zero-order chi connectivity index (χ0) is 22.1. The number of hydrogen-bond acceptors (Lipinski definition) is 3. The molecule has 0 radical (unpaired) electrons. The van der Waals surface area contributed by atoms with Crippen molar-refractivity contribution in [1.82, 2.24) is 5.32 Å². The molecule has 5 rings (SSSR count). The Labute approximate surface area is 204 Å². The second-order valence-corrected chi connectivity index (χ2v) is 11.0. The minimum atomic E-state index is -0.0867. The van der Waals surface area contributed by atoms with E-state index in [1.807, 2.05) is 0 Å². The third-order valence-electron chi connectivity index (χ3n) is 7.35. The van der Waals surface area contributed by atoms with Crippen LogP contribution in [0.4, 0.5) is 0 Å². The Morgan fingerprint density at radius 2 is 2.00 bits per heavy atom. The molecule has 1 atom stereocenters. The molecule has 4 nitrogen and oxygen atoms in total. The minimum absolute atomic E-state index is 0.0213. The summed E-state index contributed by atoms with van der Waals surface area (Å²) in [6, 6.07) is 12.6. The van der Waals surface area contributed by atoms with Crippen LogP contribution in [-0.2, 0) is 11.2 Å². The minimum Gasteiger partial charge on any atom is -0.490 e. The van der Waals surface area contributed by atoms with E-state index < -0.39 is 0 Å². The van der Waals surface area contributed by atoms with Crippen molar-refractivity contribution in [1.29, 1.82) is 0 Å². The number of hydrogen-bond donors (Lipinski definition) is 1. The Bertz CT molecular complexity index is 994. The average Bonchev–Trinajstić information content (AvgIpc) is 3.26. The van der Waals surface area contributed by atoms with Gasteiger partial charge in [0.1, 0.15) is 17.1 Å². The number of ether oxygens (including phenoxy) is 2. The first-order valence-corrected chi connectivity index (χ1v) is 13.1. The molecule has 2 aromatic rings. The van der Waals surface area contributed by atoms with Crippen LogP contribution in [0.2, 0.25) is 0 Å². The van der Waals surface area contributed by atoms with Gasteiger partial charge in [-0.25, -0.2) is 0 Å².